The van der Waals surface area contributed by atoms with Crippen LogP contribution in [0.4, 0.5) is 0 Å². The lowest BCUT2D eigenvalue weighted by atomic mass is 10.1. The Hall–Kier alpha value is -1.86. The standard InChI is InChI=1S/C14H13NO2S/c1-17-14(16)4-2-3-11-9-18-13-6-5-10(8-15)7-12(11)13/h5-7,9H,2-4H2,1H3. The van der Waals surface area contributed by atoms with E-state index in [0.29, 0.717) is 12.0 Å². The fraction of sp³-hybridized carbons (Fsp3) is 0.286. The molecule has 0 saturated carbocycles. The number of thiophene rings is 1. The molecule has 0 atom stereocenters. The fourth-order valence-electron chi connectivity index (χ4n) is 1.87. The van der Waals surface area contributed by atoms with Crippen molar-refractivity contribution in [3.63, 3.8) is 0 Å². The highest BCUT2D eigenvalue weighted by atomic mass is 32.1. The van der Waals surface area contributed by atoms with Gasteiger partial charge in [-0.15, -0.1) is 11.3 Å². The summed E-state index contributed by atoms with van der Waals surface area (Å²) in [5, 5.41) is 12.1. The molecule has 18 heavy (non-hydrogen) atoms. The third-order valence-electron chi connectivity index (χ3n) is 2.84. The second-order valence-electron chi connectivity index (χ2n) is 4.01. The second-order valence-corrected chi connectivity index (χ2v) is 4.92. The quantitative estimate of drug-likeness (QED) is 0.792. The minimum Gasteiger partial charge on any atom is -0.469 e. The van der Waals surface area contributed by atoms with E-state index in [1.54, 1.807) is 11.3 Å². The number of nitrogens with zero attached hydrogens (tertiary/aromatic N) is 1. The topological polar surface area (TPSA) is 50.1 Å². The molecule has 0 unspecified atom stereocenters. The first-order valence-electron chi connectivity index (χ1n) is 5.71. The van der Waals surface area contributed by atoms with E-state index in [-0.39, 0.29) is 5.97 Å². The van der Waals surface area contributed by atoms with Gasteiger partial charge in [-0.3, -0.25) is 4.79 Å². The molecule has 1 aromatic heterocycles. The molecule has 0 bridgehead atoms. The number of benzene rings is 1. The molecule has 0 aliphatic carbocycles. The summed E-state index contributed by atoms with van der Waals surface area (Å²) in [5.74, 6) is -0.174. The van der Waals surface area contributed by atoms with E-state index in [1.807, 2.05) is 18.2 Å². The molecule has 2 aromatic rings. The van der Waals surface area contributed by atoms with Crippen LogP contribution in [-0.4, -0.2) is 13.1 Å². The van der Waals surface area contributed by atoms with Crippen LogP contribution in [0, 0.1) is 11.3 Å². The largest absolute Gasteiger partial charge is 0.469 e. The predicted molar refractivity (Wildman–Crippen MR) is 71.5 cm³/mol. The number of hydrogen-bond acceptors (Lipinski definition) is 4. The van der Waals surface area contributed by atoms with Crippen LogP contribution in [0.25, 0.3) is 10.1 Å². The first-order chi connectivity index (χ1) is 8.74. The molecule has 0 saturated heterocycles. The zero-order valence-corrected chi connectivity index (χ0v) is 10.9. The molecule has 1 heterocycles. The van der Waals surface area contributed by atoms with E-state index in [9.17, 15) is 4.79 Å². The monoisotopic (exact) mass is 259 g/mol. The van der Waals surface area contributed by atoms with Crippen LogP contribution in [-0.2, 0) is 16.0 Å². The Kier molecular flexibility index (Phi) is 3.96. The summed E-state index contributed by atoms with van der Waals surface area (Å²) in [5.41, 5.74) is 1.88. The van der Waals surface area contributed by atoms with Gasteiger partial charge in [-0.05, 0) is 47.4 Å². The predicted octanol–water partition coefficient (Wildman–Crippen LogP) is 3.27. The Labute approximate surface area is 110 Å². The molecule has 2 rings (SSSR count). The first kappa shape index (κ1) is 12.6. The molecule has 0 amide bonds. The molecule has 92 valence electrons. The van der Waals surface area contributed by atoms with E-state index < -0.39 is 0 Å². The maximum absolute atomic E-state index is 11.0. The number of carbonyl (C=O) groups excluding carboxylic acids is 1. The van der Waals surface area contributed by atoms with Gasteiger partial charge in [0.2, 0.25) is 0 Å². The van der Waals surface area contributed by atoms with Crippen LogP contribution in [0.5, 0.6) is 0 Å². The molecule has 4 heteroatoms. The number of rotatable bonds is 4. The number of methoxy groups -OCH3 is 1. The van der Waals surface area contributed by atoms with Gasteiger partial charge in [-0.25, -0.2) is 0 Å². The zero-order valence-electron chi connectivity index (χ0n) is 10.1. The van der Waals surface area contributed by atoms with Crippen LogP contribution in [0.2, 0.25) is 0 Å². The van der Waals surface area contributed by atoms with Gasteiger partial charge in [0, 0.05) is 11.1 Å². The average molecular weight is 259 g/mol. The molecule has 0 radical (unpaired) electrons. The van der Waals surface area contributed by atoms with Crippen LogP contribution in [0.15, 0.2) is 23.6 Å². The van der Waals surface area contributed by atoms with Gasteiger partial charge in [-0.2, -0.15) is 5.26 Å². The van der Waals surface area contributed by atoms with Gasteiger partial charge in [0.05, 0.1) is 18.7 Å². The Morgan fingerprint density at radius 1 is 1.50 bits per heavy atom. The normalized spacial score (nSPS) is 10.2. The summed E-state index contributed by atoms with van der Waals surface area (Å²) in [7, 11) is 1.40. The minimum absolute atomic E-state index is 0.174. The summed E-state index contributed by atoms with van der Waals surface area (Å²) in [6.45, 7) is 0. The third kappa shape index (κ3) is 2.69. The Balaban J connectivity index is 2.13. The smallest absolute Gasteiger partial charge is 0.305 e. The lowest BCUT2D eigenvalue weighted by Gasteiger charge is -2.00. The fourth-order valence-corrected chi connectivity index (χ4v) is 2.85. The molecule has 3 nitrogen and oxygen atoms in total. The van der Waals surface area contributed by atoms with Crippen LogP contribution >= 0.6 is 11.3 Å². The molecule has 0 fully saturated rings. The van der Waals surface area contributed by atoms with Crippen molar-refractivity contribution in [2.75, 3.05) is 7.11 Å². The van der Waals surface area contributed by atoms with Crippen molar-refractivity contribution in [1.29, 1.82) is 5.26 Å². The third-order valence-corrected chi connectivity index (χ3v) is 3.85. The molecular formula is C14H13NO2S. The summed E-state index contributed by atoms with van der Waals surface area (Å²) >= 11 is 1.67. The first-order valence-corrected chi connectivity index (χ1v) is 6.59. The van der Waals surface area contributed by atoms with Gasteiger partial charge in [0.25, 0.3) is 0 Å². The van der Waals surface area contributed by atoms with Gasteiger partial charge < -0.3 is 4.74 Å². The molecule has 1 aromatic carbocycles. The van der Waals surface area contributed by atoms with Crippen molar-refractivity contribution >= 4 is 27.4 Å². The van der Waals surface area contributed by atoms with E-state index >= 15 is 0 Å². The van der Waals surface area contributed by atoms with Gasteiger partial charge >= 0.3 is 5.97 Å². The van der Waals surface area contributed by atoms with Gasteiger partial charge in [0.15, 0.2) is 0 Å². The summed E-state index contributed by atoms with van der Waals surface area (Å²) in [6, 6.07) is 7.87. The summed E-state index contributed by atoms with van der Waals surface area (Å²) in [6.07, 6.45) is 2.05. The number of aryl methyl sites for hydroxylation is 1. The van der Waals surface area contributed by atoms with Crippen molar-refractivity contribution in [3.05, 3.63) is 34.7 Å². The van der Waals surface area contributed by atoms with Crippen molar-refractivity contribution < 1.29 is 9.53 Å². The molecule has 0 spiro atoms. The van der Waals surface area contributed by atoms with Crippen molar-refractivity contribution in [2.45, 2.75) is 19.3 Å². The Morgan fingerprint density at radius 2 is 2.33 bits per heavy atom. The second kappa shape index (κ2) is 5.65. The number of hydrogen-bond donors (Lipinski definition) is 0. The van der Waals surface area contributed by atoms with Crippen LogP contribution < -0.4 is 0 Å². The molecule has 0 N–H and O–H groups in total. The van der Waals surface area contributed by atoms with E-state index in [0.717, 1.165) is 18.2 Å². The Morgan fingerprint density at radius 3 is 3.06 bits per heavy atom. The molecule has 0 aliphatic heterocycles. The van der Waals surface area contributed by atoms with Crippen molar-refractivity contribution in [1.82, 2.24) is 0 Å². The number of nitriles is 1. The molecule has 0 aliphatic rings. The average Bonchev–Trinajstić information content (AvgIpc) is 2.81. The highest BCUT2D eigenvalue weighted by molar-refractivity contribution is 7.17. The Bertz CT molecular complexity index is 610. The summed E-state index contributed by atoms with van der Waals surface area (Å²) in [4.78, 5) is 11.0. The zero-order chi connectivity index (χ0) is 13.0. The maximum atomic E-state index is 11.0. The SMILES string of the molecule is COC(=O)CCCc1csc2ccc(C#N)cc12. The lowest BCUT2D eigenvalue weighted by Crippen LogP contribution is -2.00. The number of esters is 1. The van der Waals surface area contributed by atoms with Crippen molar-refractivity contribution in [3.8, 4) is 6.07 Å². The van der Waals surface area contributed by atoms with Crippen LogP contribution in [0.3, 0.4) is 0 Å². The minimum atomic E-state index is -0.174. The lowest BCUT2D eigenvalue weighted by molar-refractivity contribution is -0.140. The van der Waals surface area contributed by atoms with Crippen LogP contribution in [0.1, 0.15) is 24.0 Å². The van der Waals surface area contributed by atoms with E-state index in [4.69, 9.17) is 5.26 Å². The van der Waals surface area contributed by atoms with Crippen molar-refractivity contribution in [2.24, 2.45) is 0 Å². The van der Waals surface area contributed by atoms with Gasteiger partial charge in [0.1, 0.15) is 0 Å². The van der Waals surface area contributed by atoms with Gasteiger partial charge in [-0.1, -0.05) is 0 Å². The summed E-state index contributed by atoms with van der Waals surface area (Å²) < 4.78 is 5.80. The maximum Gasteiger partial charge on any atom is 0.305 e. The highest BCUT2D eigenvalue weighted by Gasteiger charge is 2.06. The van der Waals surface area contributed by atoms with E-state index in [1.165, 1.54) is 17.4 Å². The van der Waals surface area contributed by atoms with E-state index in [2.05, 4.69) is 16.2 Å². The number of carbonyl (C=O) groups is 1. The molecular weight excluding hydrogens is 246 g/mol. The number of fused-ring (bicyclic) bond motifs is 1. The highest BCUT2D eigenvalue weighted by Crippen LogP contribution is 2.28. The number of ether oxygens (including phenoxy) is 1.